The number of ether oxygens (including phenoxy) is 1. The van der Waals surface area contributed by atoms with Crippen molar-refractivity contribution in [1.82, 2.24) is 14.8 Å². The fourth-order valence-corrected chi connectivity index (χ4v) is 4.16. The third-order valence-corrected chi connectivity index (χ3v) is 5.38. The van der Waals surface area contributed by atoms with Gasteiger partial charge in [-0.25, -0.2) is 4.79 Å². The number of para-hydroxylation sites is 1. The molecule has 1 aliphatic heterocycles. The highest BCUT2D eigenvalue weighted by Gasteiger charge is 2.27. The molecule has 1 saturated heterocycles. The number of likely N-dealkylation sites (tertiary alicyclic amines) is 1. The Morgan fingerprint density at radius 1 is 1.28 bits per heavy atom. The van der Waals surface area contributed by atoms with Gasteiger partial charge in [-0.2, -0.15) is 0 Å². The topological polar surface area (TPSA) is 65.6 Å². The fourth-order valence-electron chi connectivity index (χ4n) is 4.16. The summed E-state index contributed by atoms with van der Waals surface area (Å²) in [5.41, 5.74) is 2.24. The molecule has 0 aliphatic carbocycles. The third kappa shape index (κ3) is 5.38. The first-order valence-electron chi connectivity index (χ1n) is 10.4. The predicted octanol–water partition coefficient (Wildman–Crippen LogP) is 4.24. The van der Waals surface area contributed by atoms with E-state index in [0.717, 1.165) is 48.1 Å². The monoisotopic (exact) mass is 399 g/mol. The normalized spacial score (nSPS) is 18.0. The van der Waals surface area contributed by atoms with Gasteiger partial charge in [0, 0.05) is 42.3 Å². The summed E-state index contributed by atoms with van der Waals surface area (Å²) in [5.74, 6) is 0.499. The second-order valence-electron chi connectivity index (χ2n) is 9.20. The molecule has 6 heteroatoms. The molecule has 1 aromatic carbocycles. The van der Waals surface area contributed by atoms with Crippen LogP contribution in [0, 0.1) is 12.8 Å². The van der Waals surface area contributed by atoms with Crippen LogP contribution in [0.3, 0.4) is 0 Å². The minimum atomic E-state index is -0.493. The van der Waals surface area contributed by atoms with Crippen LogP contribution in [0.25, 0.3) is 10.9 Å². The molecule has 2 aromatic rings. The molecule has 1 N–H and O–H groups in total. The van der Waals surface area contributed by atoms with Gasteiger partial charge in [0.05, 0.1) is 6.54 Å². The Kier molecular flexibility index (Phi) is 6.32. The van der Waals surface area contributed by atoms with Crippen molar-refractivity contribution < 1.29 is 14.3 Å². The Hall–Kier alpha value is -2.34. The SMILES string of the molecule is Cc1[nH]c2ccccc2c1C(=O)CN1CCCC(CN(C)C(=O)OC(C)(C)C)C1. The van der Waals surface area contributed by atoms with Crippen molar-refractivity contribution in [2.75, 3.05) is 33.2 Å². The number of carbonyl (C=O) groups is 2. The largest absolute Gasteiger partial charge is 0.444 e. The van der Waals surface area contributed by atoms with Crippen LogP contribution in [0.1, 0.15) is 49.7 Å². The molecule has 6 nitrogen and oxygen atoms in total. The van der Waals surface area contributed by atoms with E-state index in [1.165, 1.54) is 0 Å². The van der Waals surface area contributed by atoms with Gasteiger partial charge in [-0.15, -0.1) is 0 Å². The average molecular weight is 400 g/mol. The minimum absolute atomic E-state index is 0.154. The van der Waals surface area contributed by atoms with Gasteiger partial charge >= 0.3 is 6.09 Å². The first-order valence-corrected chi connectivity index (χ1v) is 10.4. The smallest absolute Gasteiger partial charge is 0.410 e. The maximum Gasteiger partial charge on any atom is 0.410 e. The van der Waals surface area contributed by atoms with Gasteiger partial charge in [0.25, 0.3) is 0 Å². The second kappa shape index (κ2) is 8.57. The van der Waals surface area contributed by atoms with E-state index < -0.39 is 5.60 Å². The Balaban J connectivity index is 1.60. The van der Waals surface area contributed by atoms with Crippen molar-refractivity contribution in [2.45, 2.75) is 46.1 Å². The Morgan fingerprint density at radius 2 is 2.00 bits per heavy atom. The molecule has 0 spiro atoms. The first kappa shape index (κ1) is 21.4. The van der Waals surface area contributed by atoms with E-state index in [2.05, 4.69) is 9.88 Å². The van der Waals surface area contributed by atoms with Crippen LogP contribution in [0.5, 0.6) is 0 Å². The number of aromatic nitrogens is 1. The van der Waals surface area contributed by atoms with Crippen molar-refractivity contribution in [2.24, 2.45) is 5.92 Å². The lowest BCUT2D eigenvalue weighted by atomic mass is 9.96. The van der Waals surface area contributed by atoms with Gasteiger partial charge in [-0.1, -0.05) is 18.2 Å². The molecule has 158 valence electrons. The fraction of sp³-hybridized carbons (Fsp3) is 0.565. The van der Waals surface area contributed by atoms with Gasteiger partial charge in [-0.3, -0.25) is 9.69 Å². The number of nitrogens with one attached hydrogen (secondary N) is 1. The number of piperidine rings is 1. The zero-order valence-corrected chi connectivity index (χ0v) is 18.2. The van der Waals surface area contributed by atoms with Crippen LogP contribution in [0.15, 0.2) is 24.3 Å². The average Bonchev–Trinajstić information content (AvgIpc) is 2.96. The highest BCUT2D eigenvalue weighted by Crippen LogP contribution is 2.24. The summed E-state index contributed by atoms with van der Waals surface area (Å²) in [7, 11) is 1.79. The number of Topliss-reactive ketones (excluding diaryl/α,β-unsaturated/α-hetero) is 1. The zero-order chi connectivity index (χ0) is 21.2. The van der Waals surface area contributed by atoms with Crippen LogP contribution >= 0.6 is 0 Å². The van der Waals surface area contributed by atoms with Crippen LogP contribution in [-0.4, -0.2) is 65.5 Å². The quantitative estimate of drug-likeness (QED) is 0.764. The van der Waals surface area contributed by atoms with E-state index in [4.69, 9.17) is 4.74 Å². The number of nitrogens with zero attached hydrogens (tertiary/aromatic N) is 2. The van der Waals surface area contributed by atoms with Gasteiger partial charge in [0.2, 0.25) is 0 Å². The van der Waals surface area contributed by atoms with Crippen molar-refractivity contribution in [3.8, 4) is 0 Å². The van der Waals surface area contributed by atoms with Gasteiger partial charge in [0.15, 0.2) is 5.78 Å². The standard InChI is InChI=1S/C23H33N3O3/c1-16-21(18-10-6-7-11-19(18)24-16)20(27)15-26-12-8-9-17(14-26)13-25(5)22(28)29-23(2,3)4/h6-7,10-11,17,24H,8-9,12-15H2,1-5H3. The molecule has 1 fully saturated rings. The number of fused-ring (bicyclic) bond motifs is 1. The number of benzene rings is 1. The lowest BCUT2D eigenvalue weighted by molar-refractivity contribution is 0.0242. The molecule has 1 amide bonds. The molecule has 0 bridgehead atoms. The Morgan fingerprint density at radius 3 is 2.72 bits per heavy atom. The molecule has 3 rings (SSSR count). The molecule has 1 atom stereocenters. The van der Waals surface area contributed by atoms with Crippen molar-refractivity contribution in [3.05, 3.63) is 35.5 Å². The van der Waals surface area contributed by atoms with Gasteiger partial charge in [0.1, 0.15) is 5.60 Å². The number of H-pyrrole nitrogens is 1. The summed E-state index contributed by atoms with van der Waals surface area (Å²) in [5, 5.41) is 0.994. The summed E-state index contributed by atoms with van der Waals surface area (Å²) in [4.78, 5) is 32.5. The van der Waals surface area contributed by atoms with E-state index in [0.29, 0.717) is 19.0 Å². The Labute approximate surface area is 173 Å². The van der Waals surface area contributed by atoms with Crippen LogP contribution in [-0.2, 0) is 4.74 Å². The summed E-state index contributed by atoms with van der Waals surface area (Å²) < 4.78 is 5.45. The number of hydrogen-bond donors (Lipinski definition) is 1. The van der Waals surface area contributed by atoms with Crippen LogP contribution in [0.4, 0.5) is 4.79 Å². The summed E-state index contributed by atoms with van der Waals surface area (Å²) in [6.07, 6.45) is 1.80. The maximum absolute atomic E-state index is 13.1. The molecular weight excluding hydrogens is 366 g/mol. The number of hydrogen-bond acceptors (Lipinski definition) is 4. The minimum Gasteiger partial charge on any atom is -0.444 e. The van der Waals surface area contributed by atoms with E-state index in [-0.39, 0.29) is 11.9 Å². The number of aryl methyl sites for hydroxylation is 1. The van der Waals surface area contributed by atoms with Crippen LogP contribution in [0.2, 0.25) is 0 Å². The number of amides is 1. The van der Waals surface area contributed by atoms with Crippen molar-refractivity contribution in [3.63, 3.8) is 0 Å². The van der Waals surface area contributed by atoms with Gasteiger partial charge in [-0.05, 0) is 59.1 Å². The molecule has 0 saturated carbocycles. The Bertz CT molecular complexity index is 881. The molecular formula is C23H33N3O3. The number of carbonyl (C=O) groups excluding carboxylic acids is 2. The predicted molar refractivity (Wildman–Crippen MR) is 115 cm³/mol. The zero-order valence-electron chi connectivity index (χ0n) is 18.2. The number of ketones is 1. The van der Waals surface area contributed by atoms with Crippen LogP contribution < -0.4 is 0 Å². The van der Waals surface area contributed by atoms with E-state index in [1.54, 1.807) is 11.9 Å². The lowest BCUT2D eigenvalue weighted by Gasteiger charge is -2.34. The van der Waals surface area contributed by atoms with Gasteiger partial charge < -0.3 is 14.6 Å². The molecule has 1 aliphatic rings. The molecule has 0 radical (unpaired) electrons. The summed E-state index contributed by atoms with van der Waals surface area (Å²) in [6.45, 7) is 10.4. The van der Waals surface area contributed by atoms with Crippen molar-refractivity contribution in [1.29, 1.82) is 0 Å². The van der Waals surface area contributed by atoms with E-state index in [9.17, 15) is 9.59 Å². The lowest BCUT2D eigenvalue weighted by Crippen LogP contribution is -2.44. The number of rotatable bonds is 5. The van der Waals surface area contributed by atoms with Crippen molar-refractivity contribution >= 4 is 22.8 Å². The highest BCUT2D eigenvalue weighted by molar-refractivity contribution is 6.10. The molecule has 29 heavy (non-hydrogen) atoms. The molecule has 2 heterocycles. The summed E-state index contributed by atoms with van der Waals surface area (Å²) in [6, 6.07) is 7.95. The number of aromatic amines is 1. The molecule has 1 aromatic heterocycles. The maximum atomic E-state index is 13.1. The van der Waals surface area contributed by atoms with E-state index in [1.807, 2.05) is 52.0 Å². The van der Waals surface area contributed by atoms with E-state index >= 15 is 0 Å². The third-order valence-electron chi connectivity index (χ3n) is 5.38. The first-order chi connectivity index (χ1) is 13.6. The highest BCUT2D eigenvalue weighted by atomic mass is 16.6. The molecule has 1 unspecified atom stereocenters. The summed E-state index contributed by atoms with van der Waals surface area (Å²) >= 11 is 0. The second-order valence-corrected chi connectivity index (χ2v) is 9.20.